The summed E-state index contributed by atoms with van der Waals surface area (Å²) in [5.74, 6) is 0. The van der Waals surface area contributed by atoms with Gasteiger partial charge in [-0.05, 0) is 126 Å². The first-order valence-electron chi connectivity index (χ1n) is 16.1. The third-order valence-corrected chi connectivity index (χ3v) is 9.99. The van der Waals surface area contributed by atoms with E-state index < -0.39 is 5.41 Å². The molecule has 8 aromatic rings. The lowest BCUT2D eigenvalue weighted by atomic mass is 9.67. The van der Waals surface area contributed by atoms with Crippen LogP contribution in [0.3, 0.4) is 0 Å². The molecule has 0 bridgehead atoms. The summed E-state index contributed by atoms with van der Waals surface area (Å²) < 4.78 is 0. The summed E-state index contributed by atoms with van der Waals surface area (Å²) in [5.41, 5.74) is 25.6. The smallest absolute Gasteiger partial charge is 0.0714 e. The maximum atomic E-state index is 6.29. The highest BCUT2D eigenvalue weighted by Crippen LogP contribution is 2.57. The highest BCUT2D eigenvalue weighted by Gasteiger charge is 2.46. The first-order chi connectivity index (χ1) is 23.1. The van der Waals surface area contributed by atoms with Crippen molar-refractivity contribution < 1.29 is 0 Å². The summed E-state index contributed by atoms with van der Waals surface area (Å²) in [6.07, 6.45) is 0. The minimum Gasteiger partial charge on any atom is -0.399 e. The molecule has 0 amide bonds. The fourth-order valence-electron chi connectivity index (χ4n) is 7.68. The number of anilines is 2. The fraction of sp³-hybridized carbons (Fsp3) is 0.0222. The molecule has 0 atom stereocenters. The van der Waals surface area contributed by atoms with Crippen LogP contribution in [0.25, 0.3) is 54.9 Å². The number of nitrogens with two attached hydrogens (primary N) is 2. The van der Waals surface area contributed by atoms with Crippen LogP contribution in [0.2, 0.25) is 0 Å². The van der Waals surface area contributed by atoms with Crippen LogP contribution in [-0.4, -0.2) is 0 Å². The van der Waals surface area contributed by atoms with Gasteiger partial charge >= 0.3 is 0 Å². The minimum absolute atomic E-state index is 0.591. The van der Waals surface area contributed by atoms with Gasteiger partial charge in [0.15, 0.2) is 0 Å². The van der Waals surface area contributed by atoms with Crippen molar-refractivity contribution >= 4 is 32.9 Å². The van der Waals surface area contributed by atoms with Crippen molar-refractivity contribution in [2.75, 3.05) is 11.5 Å². The van der Waals surface area contributed by atoms with E-state index in [1.54, 1.807) is 0 Å². The van der Waals surface area contributed by atoms with Gasteiger partial charge in [-0.1, -0.05) is 121 Å². The van der Waals surface area contributed by atoms with E-state index in [-0.39, 0.29) is 0 Å². The molecular weight excluding hydrogens is 569 g/mol. The van der Waals surface area contributed by atoms with Gasteiger partial charge in [-0.2, -0.15) is 0 Å². The first-order valence-corrected chi connectivity index (χ1v) is 16.1. The summed E-state index contributed by atoms with van der Waals surface area (Å²) in [7, 11) is 0. The molecule has 0 saturated carbocycles. The second-order valence-electron chi connectivity index (χ2n) is 12.6. The largest absolute Gasteiger partial charge is 0.399 e. The van der Waals surface area contributed by atoms with Crippen molar-refractivity contribution in [3.63, 3.8) is 0 Å². The van der Waals surface area contributed by atoms with E-state index in [9.17, 15) is 0 Å². The molecule has 0 unspecified atom stereocenters. The van der Waals surface area contributed by atoms with Gasteiger partial charge in [-0.15, -0.1) is 0 Å². The molecule has 0 aliphatic heterocycles. The predicted octanol–water partition coefficient (Wildman–Crippen LogP) is 10.9. The molecule has 0 radical (unpaired) electrons. The molecule has 0 saturated heterocycles. The number of fused-ring (bicyclic) bond motifs is 5. The van der Waals surface area contributed by atoms with Gasteiger partial charge in [0.1, 0.15) is 0 Å². The van der Waals surface area contributed by atoms with Crippen molar-refractivity contribution in [1.29, 1.82) is 0 Å². The van der Waals surface area contributed by atoms with Crippen LogP contribution in [0, 0.1) is 0 Å². The van der Waals surface area contributed by atoms with E-state index in [0.29, 0.717) is 0 Å². The lowest BCUT2D eigenvalue weighted by Gasteiger charge is -2.34. The monoisotopic (exact) mass is 600 g/mol. The standard InChI is InChI=1S/C45H32N2/c46-39-19-15-37(16-20-39)45(38-17-21-40(47)22-18-38)43-27-35(33-11-9-29-5-1-3-7-31(29)25-33)13-23-41(43)42-24-14-36(28-44(42)45)34-12-10-30-6-2-4-8-32(30)26-34/h1-28H,46-47H2. The van der Waals surface area contributed by atoms with Crippen LogP contribution in [0.1, 0.15) is 22.3 Å². The van der Waals surface area contributed by atoms with Gasteiger partial charge in [0.2, 0.25) is 0 Å². The van der Waals surface area contributed by atoms with Crippen molar-refractivity contribution in [3.05, 3.63) is 192 Å². The number of hydrogen-bond donors (Lipinski definition) is 2. The molecule has 0 aromatic heterocycles. The van der Waals surface area contributed by atoms with Crippen LogP contribution in [0.5, 0.6) is 0 Å². The maximum Gasteiger partial charge on any atom is 0.0714 e. The molecule has 4 N–H and O–H groups in total. The van der Waals surface area contributed by atoms with Gasteiger partial charge in [0, 0.05) is 11.4 Å². The van der Waals surface area contributed by atoms with E-state index in [4.69, 9.17) is 11.5 Å². The Balaban J connectivity index is 1.34. The molecule has 2 heteroatoms. The lowest BCUT2D eigenvalue weighted by Crippen LogP contribution is -2.28. The zero-order valence-electron chi connectivity index (χ0n) is 25.8. The third kappa shape index (κ3) is 4.26. The molecular formula is C45H32N2. The molecule has 47 heavy (non-hydrogen) atoms. The topological polar surface area (TPSA) is 52.0 Å². The van der Waals surface area contributed by atoms with E-state index in [0.717, 1.165) is 11.4 Å². The van der Waals surface area contributed by atoms with E-state index >= 15 is 0 Å². The van der Waals surface area contributed by atoms with Crippen LogP contribution < -0.4 is 11.5 Å². The normalized spacial score (nSPS) is 13.0. The molecule has 1 aliphatic rings. The van der Waals surface area contributed by atoms with Crippen molar-refractivity contribution in [1.82, 2.24) is 0 Å². The highest BCUT2D eigenvalue weighted by atomic mass is 14.6. The van der Waals surface area contributed by atoms with E-state index in [2.05, 4.69) is 146 Å². The molecule has 222 valence electrons. The second kappa shape index (κ2) is 10.5. The van der Waals surface area contributed by atoms with Gasteiger partial charge in [-0.25, -0.2) is 0 Å². The summed E-state index contributed by atoms with van der Waals surface area (Å²) >= 11 is 0. The Morgan fingerprint density at radius 3 is 1.11 bits per heavy atom. The molecule has 2 nitrogen and oxygen atoms in total. The van der Waals surface area contributed by atoms with Crippen LogP contribution in [0.15, 0.2) is 170 Å². The van der Waals surface area contributed by atoms with Crippen LogP contribution in [-0.2, 0) is 5.41 Å². The number of hydrogen-bond acceptors (Lipinski definition) is 2. The predicted molar refractivity (Wildman–Crippen MR) is 198 cm³/mol. The summed E-state index contributed by atoms with van der Waals surface area (Å²) in [5, 5.41) is 4.95. The Morgan fingerprint density at radius 1 is 0.319 bits per heavy atom. The van der Waals surface area contributed by atoms with Crippen molar-refractivity contribution in [3.8, 4) is 33.4 Å². The van der Waals surface area contributed by atoms with Gasteiger partial charge in [-0.3, -0.25) is 0 Å². The van der Waals surface area contributed by atoms with E-state index in [1.165, 1.54) is 77.2 Å². The Morgan fingerprint density at radius 2 is 0.681 bits per heavy atom. The Labute approximate surface area is 274 Å². The minimum atomic E-state index is -0.591. The van der Waals surface area contributed by atoms with Gasteiger partial charge in [0.05, 0.1) is 5.41 Å². The maximum absolute atomic E-state index is 6.29. The Hall–Kier alpha value is -6.12. The zero-order chi connectivity index (χ0) is 31.5. The number of rotatable bonds is 4. The second-order valence-corrected chi connectivity index (χ2v) is 12.6. The van der Waals surface area contributed by atoms with Crippen molar-refractivity contribution in [2.24, 2.45) is 0 Å². The molecule has 0 heterocycles. The summed E-state index contributed by atoms with van der Waals surface area (Å²) in [6, 6.07) is 61.4. The number of nitrogen functional groups attached to an aromatic ring is 2. The molecule has 0 spiro atoms. The average Bonchev–Trinajstić information content (AvgIpc) is 3.41. The highest BCUT2D eigenvalue weighted by molar-refractivity contribution is 5.93. The van der Waals surface area contributed by atoms with Gasteiger partial charge in [0.25, 0.3) is 0 Å². The van der Waals surface area contributed by atoms with Crippen molar-refractivity contribution in [2.45, 2.75) is 5.41 Å². The Bertz CT molecular complexity index is 2300. The third-order valence-electron chi connectivity index (χ3n) is 9.99. The Kier molecular flexibility index (Phi) is 6.06. The molecule has 9 rings (SSSR count). The quantitative estimate of drug-likeness (QED) is 0.197. The van der Waals surface area contributed by atoms with Crippen LogP contribution in [0.4, 0.5) is 11.4 Å². The first kappa shape index (κ1) is 27.2. The summed E-state index contributed by atoms with van der Waals surface area (Å²) in [4.78, 5) is 0. The zero-order valence-corrected chi connectivity index (χ0v) is 25.8. The molecule has 1 aliphatic carbocycles. The van der Waals surface area contributed by atoms with E-state index in [1.807, 2.05) is 24.3 Å². The fourth-order valence-corrected chi connectivity index (χ4v) is 7.68. The van der Waals surface area contributed by atoms with Gasteiger partial charge < -0.3 is 11.5 Å². The van der Waals surface area contributed by atoms with Crippen LogP contribution >= 0.6 is 0 Å². The lowest BCUT2D eigenvalue weighted by molar-refractivity contribution is 0.769. The SMILES string of the molecule is Nc1ccc(C2(c3ccc(N)cc3)c3cc(-c4ccc5ccccc5c4)ccc3-c3ccc(-c4ccc5ccccc5c4)cc32)cc1. The summed E-state index contributed by atoms with van der Waals surface area (Å²) in [6.45, 7) is 0. The average molecular weight is 601 g/mol. The molecule has 8 aromatic carbocycles. The molecule has 0 fully saturated rings. The number of benzene rings is 8.